The maximum absolute atomic E-state index is 12.5. The number of alkyl halides is 3. The van der Waals surface area contributed by atoms with Gasteiger partial charge in [0.1, 0.15) is 0 Å². The second-order valence-electron chi connectivity index (χ2n) is 4.59. The lowest BCUT2D eigenvalue weighted by Gasteiger charge is -2.12. The molecule has 0 bridgehead atoms. The largest absolute Gasteiger partial charge is 0.478 e. The maximum atomic E-state index is 12.5. The lowest BCUT2D eigenvalue weighted by Crippen LogP contribution is -2.14. The van der Waals surface area contributed by atoms with Crippen molar-refractivity contribution in [2.75, 3.05) is 0 Å². The molecule has 2 N–H and O–H groups in total. The molecule has 1 aromatic carbocycles. The van der Waals surface area contributed by atoms with Gasteiger partial charge in [-0.3, -0.25) is 0 Å². The predicted molar refractivity (Wildman–Crippen MR) is 63.7 cm³/mol. The van der Waals surface area contributed by atoms with E-state index in [1.54, 1.807) is 0 Å². The molecule has 0 atom stereocenters. The van der Waals surface area contributed by atoms with Crippen LogP contribution in [-0.4, -0.2) is 21.8 Å². The Bertz CT molecular complexity index is 511. The molecule has 0 spiro atoms. The Labute approximate surface area is 108 Å². The maximum Gasteiger partial charge on any atom is 0.416 e. The highest BCUT2D eigenvalue weighted by Crippen LogP contribution is 2.31. The van der Waals surface area contributed by atoms with Gasteiger partial charge in [0.15, 0.2) is 0 Å². The van der Waals surface area contributed by atoms with E-state index >= 15 is 0 Å². The molecular weight excluding hydrogens is 261 g/mol. The van der Waals surface area contributed by atoms with Crippen molar-refractivity contribution < 1.29 is 28.2 Å². The average molecular weight is 274 g/mol. The summed E-state index contributed by atoms with van der Waals surface area (Å²) >= 11 is 0. The van der Waals surface area contributed by atoms with E-state index in [0.717, 1.165) is 12.1 Å². The Balaban J connectivity index is 3.28. The van der Waals surface area contributed by atoms with E-state index in [1.165, 1.54) is 26.0 Å². The number of carbonyl (C=O) groups is 1. The van der Waals surface area contributed by atoms with Crippen LogP contribution in [-0.2, 0) is 6.18 Å². The van der Waals surface area contributed by atoms with E-state index < -0.39 is 28.9 Å². The minimum absolute atomic E-state index is 0.0997. The second-order valence-corrected chi connectivity index (χ2v) is 4.59. The van der Waals surface area contributed by atoms with Crippen molar-refractivity contribution in [3.63, 3.8) is 0 Å². The van der Waals surface area contributed by atoms with Gasteiger partial charge in [-0.05, 0) is 31.5 Å². The van der Waals surface area contributed by atoms with Gasteiger partial charge in [-0.2, -0.15) is 13.2 Å². The first-order valence-corrected chi connectivity index (χ1v) is 5.37. The van der Waals surface area contributed by atoms with Gasteiger partial charge in [0.05, 0.1) is 16.7 Å². The van der Waals surface area contributed by atoms with Gasteiger partial charge < -0.3 is 10.2 Å². The summed E-state index contributed by atoms with van der Waals surface area (Å²) in [6.07, 6.45) is -2.01. The summed E-state index contributed by atoms with van der Waals surface area (Å²) in [5.41, 5.74) is -2.57. The molecule has 0 unspecified atom stereocenters. The van der Waals surface area contributed by atoms with Crippen LogP contribution in [0.25, 0.3) is 6.08 Å². The van der Waals surface area contributed by atoms with Crippen LogP contribution in [0, 0.1) is 0 Å². The Kier molecular flexibility index (Phi) is 4.05. The zero-order chi connectivity index (χ0) is 14.8. The van der Waals surface area contributed by atoms with Crippen LogP contribution in [0.4, 0.5) is 13.2 Å². The number of aliphatic hydroxyl groups is 1. The van der Waals surface area contributed by atoms with Crippen molar-refractivity contribution in [2.45, 2.75) is 25.6 Å². The van der Waals surface area contributed by atoms with Crippen molar-refractivity contribution in [1.82, 2.24) is 0 Å². The predicted octanol–water partition coefficient (Wildman–Crippen LogP) is 3.19. The summed E-state index contributed by atoms with van der Waals surface area (Å²) in [5, 5.41) is 18.4. The number of halogens is 3. The highest BCUT2D eigenvalue weighted by atomic mass is 19.4. The zero-order valence-electron chi connectivity index (χ0n) is 10.3. The van der Waals surface area contributed by atoms with Gasteiger partial charge in [-0.15, -0.1) is 0 Å². The van der Waals surface area contributed by atoms with Gasteiger partial charge in [0.2, 0.25) is 0 Å². The fourth-order valence-electron chi connectivity index (χ4n) is 1.36. The van der Waals surface area contributed by atoms with Crippen LogP contribution in [0.5, 0.6) is 0 Å². The third-order valence-electron chi connectivity index (χ3n) is 2.28. The summed E-state index contributed by atoms with van der Waals surface area (Å²) in [7, 11) is 0. The Hall–Kier alpha value is -1.82. The van der Waals surface area contributed by atoms with Crippen LogP contribution in [0.15, 0.2) is 24.3 Å². The van der Waals surface area contributed by atoms with E-state index in [2.05, 4.69) is 0 Å². The molecule has 0 heterocycles. The van der Waals surface area contributed by atoms with Gasteiger partial charge in [-0.1, -0.05) is 18.2 Å². The molecule has 0 aliphatic carbocycles. The average Bonchev–Trinajstić information content (AvgIpc) is 2.23. The summed E-state index contributed by atoms with van der Waals surface area (Å²) in [6.45, 7) is 2.93. The highest BCUT2D eigenvalue weighted by molar-refractivity contribution is 5.92. The molecule has 0 radical (unpaired) electrons. The van der Waals surface area contributed by atoms with E-state index in [-0.39, 0.29) is 5.56 Å². The van der Waals surface area contributed by atoms with E-state index in [0.29, 0.717) is 6.07 Å². The van der Waals surface area contributed by atoms with Crippen molar-refractivity contribution in [2.24, 2.45) is 0 Å². The zero-order valence-corrected chi connectivity index (χ0v) is 10.3. The molecule has 0 amide bonds. The summed E-state index contributed by atoms with van der Waals surface area (Å²) in [5.74, 6) is -1.46. The minimum atomic E-state index is -4.59. The molecular formula is C13H13F3O3. The van der Waals surface area contributed by atoms with Gasteiger partial charge >= 0.3 is 12.1 Å². The number of rotatable bonds is 3. The first kappa shape index (κ1) is 15.2. The summed E-state index contributed by atoms with van der Waals surface area (Å²) < 4.78 is 37.5. The SMILES string of the molecule is CC(C)(O)C=Cc1ccc(C(F)(F)F)cc1C(=O)O. The Morgan fingerprint density at radius 2 is 1.84 bits per heavy atom. The van der Waals surface area contributed by atoms with Gasteiger partial charge in [-0.25, -0.2) is 4.79 Å². The van der Waals surface area contributed by atoms with Crippen LogP contribution < -0.4 is 0 Å². The quantitative estimate of drug-likeness (QED) is 0.890. The number of benzene rings is 1. The van der Waals surface area contributed by atoms with Crippen LogP contribution >= 0.6 is 0 Å². The fraction of sp³-hybridized carbons (Fsp3) is 0.308. The third kappa shape index (κ3) is 4.40. The second kappa shape index (κ2) is 5.05. The topological polar surface area (TPSA) is 57.5 Å². The number of aromatic carboxylic acids is 1. The highest BCUT2D eigenvalue weighted by Gasteiger charge is 2.31. The molecule has 0 fully saturated rings. The van der Waals surface area contributed by atoms with Crippen LogP contribution in [0.2, 0.25) is 0 Å². The molecule has 0 saturated heterocycles. The fourth-order valence-corrected chi connectivity index (χ4v) is 1.36. The number of hydrogen-bond donors (Lipinski definition) is 2. The number of carboxylic acids is 1. The first-order chi connectivity index (χ1) is 8.50. The van der Waals surface area contributed by atoms with Gasteiger partial charge in [0, 0.05) is 0 Å². The monoisotopic (exact) mass is 274 g/mol. The molecule has 104 valence electrons. The molecule has 0 aromatic heterocycles. The molecule has 19 heavy (non-hydrogen) atoms. The molecule has 0 aliphatic heterocycles. The lowest BCUT2D eigenvalue weighted by molar-refractivity contribution is -0.137. The van der Waals surface area contributed by atoms with Crippen molar-refractivity contribution in [3.05, 3.63) is 41.0 Å². The van der Waals surface area contributed by atoms with Gasteiger partial charge in [0.25, 0.3) is 0 Å². The molecule has 0 saturated carbocycles. The molecule has 6 heteroatoms. The number of carboxylic acid groups (broad SMARTS) is 1. The normalized spacial score (nSPS) is 12.9. The smallest absolute Gasteiger partial charge is 0.416 e. The Morgan fingerprint density at radius 3 is 2.26 bits per heavy atom. The molecule has 3 nitrogen and oxygen atoms in total. The van der Waals surface area contributed by atoms with E-state index in [9.17, 15) is 23.1 Å². The summed E-state index contributed by atoms with van der Waals surface area (Å²) in [6, 6.07) is 2.44. The van der Waals surface area contributed by atoms with Crippen molar-refractivity contribution >= 4 is 12.0 Å². The molecule has 1 rings (SSSR count). The molecule has 0 aliphatic rings. The van der Waals surface area contributed by atoms with Crippen LogP contribution in [0.1, 0.15) is 35.3 Å². The third-order valence-corrected chi connectivity index (χ3v) is 2.28. The van der Waals surface area contributed by atoms with E-state index in [1.807, 2.05) is 0 Å². The first-order valence-electron chi connectivity index (χ1n) is 5.37. The van der Waals surface area contributed by atoms with E-state index in [4.69, 9.17) is 5.11 Å². The summed E-state index contributed by atoms with van der Waals surface area (Å²) in [4.78, 5) is 11.0. The molecule has 1 aromatic rings. The lowest BCUT2D eigenvalue weighted by atomic mass is 10.0. The van der Waals surface area contributed by atoms with Crippen molar-refractivity contribution in [1.29, 1.82) is 0 Å². The van der Waals surface area contributed by atoms with Crippen molar-refractivity contribution in [3.8, 4) is 0 Å². The Morgan fingerprint density at radius 1 is 1.26 bits per heavy atom. The minimum Gasteiger partial charge on any atom is -0.478 e. The van der Waals surface area contributed by atoms with Crippen LogP contribution in [0.3, 0.4) is 0 Å². The number of hydrogen-bond acceptors (Lipinski definition) is 2. The standard InChI is InChI=1S/C13H13F3O3/c1-12(2,19)6-5-8-3-4-9(13(14,15)16)7-10(8)11(17)18/h3-7,19H,1-2H3,(H,17,18).